The summed E-state index contributed by atoms with van der Waals surface area (Å²) >= 11 is 6.25. The van der Waals surface area contributed by atoms with E-state index < -0.39 is 11.6 Å². The Balaban J connectivity index is 1.28. The van der Waals surface area contributed by atoms with Crippen molar-refractivity contribution in [2.45, 2.75) is 31.8 Å². The molecule has 0 bridgehead atoms. The van der Waals surface area contributed by atoms with E-state index in [1.807, 2.05) is 31.2 Å². The smallest absolute Gasteiger partial charge is 0.407 e. The molecule has 2 amide bonds. The Kier molecular flexibility index (Phi) is 6.18. The number of aromatic nitrogens is 3. The molecule has 0 radical (unpaired) electrons. The van der Waals surface area contributed by atoms with E-state index in [1.165, 1.54) is 18.7 Å². The molecule has 10 heteroatoms. The van der Waals surface area contributed by atoms with Gasteiger partial charge in [0, 0.05) is 0 Å². The van der Waals surface area contributed by atoms with Crippen molar-refractivity contribution in [2.75, 3.05) is 5.32 Å². The molecule has 3 aromatic rings. The summed E-state index contributed by atoms with van der Waals surface area (Å²) in [5.41, 5.74) is 2.36. The number of carbonyl (C=O) groups is 2. The van der Waals surface area contributed by atoms with E-state index >= 15 is 0 Å². The van der Waals surface area contributed by atoms with Gasteiger partial charge in [-0.1, -0.05) is 17.7 Å². The summed E-state index contributed by atoms with van der Waals surface area (Å²) in [6.45, 7) is 2.21. The lowest BCUT2D eigenvalue weighted by molar-refractivity contribution is -0.124. The average molecular weight is 453 g/mol. The fourth-order valence-corrected chi connectivity index (χ4v) is 3.30. The molecule has 4 rings (SSSR count). The number of nitrogens with zero attached hydrogens (tertiary/aromatic N) is 3. The van der Waals surface area contributed by atoms with Crippen molar-refractivity contribution in [1.82, 2.24) is 25.6 Å². The number of halogens is 1. The molecule has 1 aromatic carbocycles. The molecule has 1 saturated carbocycles. The summed E-state index contributed by atoms with van der Waals surface area (Å²) in [4.78, 5) is 36.6. The van der Waals surface area contributed by atoms with Crippen LogP contribution in [0.4, 0.5) is 16.2 Å². The van der Waals surface area contributed by atoms with E-state index in [0.29, 0.717) is 23.6 Å². The molecule has 0 spiro atoms. The largest absolute Gasteiger partial charge is 0.413 e. The van der Waals surface area contributed by atoms with Crippen molar-refractivity contribution < 1.29 is 14.3 Å². The first kappa shape index (κ1) is 21.5. The Morgan fingerprint density at radius 3 is 2.56 bits per heavy atom. The third-order valence-corrected chi connectivity index (χ3v) is 5.24. The SMILES string of the molecule is Cc1ccc(Nc2ccc(CNC(=O)C3(NC(=O)Oc4cncnc4)CC3)nc2)c(Cl)c1. The number of rotatable bonds is 7. The molecular formula is C22H21ClN6O3. The average Bonchev–Trinajstić information content (AvgIpc) is 3.56. The molecule has 0 aliphatic heterocycles. The van der Waals surface area contributed by atoms with Gasteiger partial charge < -0.3 is 20.7 Å². The zero-order chi connectivity index (χ0) is 22.6. The third-order valence-electron chi connectivity index (χ3n) is 4.93. The Bertz CT molecular complexity index is 1120. The number of benzene rings is 1. The standard InChI is InChI=1S/C22H21ClN6O3/c1-14-2-5-19(18(23)8-14)28-16-4-3-15(26-10-16)9-27-20(30)22(6-7-22)29-21(31)32-17-11-24-13-25-12-17/h2-5,8,10-13,28H,6-7,9H2,1H3,(H,27,30)(H,29,31). The Hall–Kier alpha value is -3.72. The van der Waals surface area contributed by atoms with Gasteiger partial charge in [0.05, 0.1) is 47.2 Å². The number of aryl methyl sites for hydroxylation is 1. The first-order chi connectivity index (χ1) is 15.4. The van der Waals surface area contributed by atoms with E-state index in [4.69, 9.17) is 16.3 Å². The second kappa shape index (κ2) is 9.19. The third kappa shape index (κ3) is 5.30. The van der Waals surface area contributed by atoms with E-state index in [-0.39, 0.29) is 18.2 Å². The highest BCUT2D eigenvalue weighted by Crippen LogP contribution is 2.35. The predicted molar refractivity (Wildman–Crippen MR) is 119 cm³/mol. The maximum atomic E-state index is 12.6. The number of pyridine rings is 1. The maximum absolute atomic E-state index is 12.6. The summed E-state index contributed by atoms with van der Waals surface area (Å²) in [5, 5.41) is 9.29. The molecule has 1 aliphatic carbocycles. The number of hydrogen-bond donors (Lipinski definition) is 3. The van der Waals surface area contributed by atoms with Gasteiger partial charge in [0.25, 0.3) is 0 Å². The quantitative estimate of drug-likeness (QED) is 0.502. The molecule has 2 aromatic heterocycles. The molecule has 0 atom stereocenters. The van der Waals surface area contributed by atoms with Crippen molar-refractivity contribution in [3.63, 3.8) is 0 Å². The number of carbonyl (C=O) groups excluding carboxylic acids is 2. The second-order valence-corrected chi connectivity index (χ2v) is 7.91. The minimum absolute atomic E-state index is 0.200. The van der Waals surface area contributed by atoms with Crippen molar-refractivity contribution in [3.05, 3.63) is 71.5 Å². The van der Waals surface area contributed by atoms with Crippen LogP contribution in [0.3, 0.4) is 0 Å². The van der Waals surface area contributed by atoms with Crippen LogP contribution in [0.1, 0.15) is 24.1 Å². The van der Waals surface area contributed by atoms with Crippen molar-refractivity contribution >= 4 is 35.0 Å². The molecule has 164 valence electrons. The van der Waals surface area contributed by atoms with Gasteiger partial charge in [-0.2, -0.15) is 0 Å². The summed E-state index contributed by atoms with van der Waals surface area (Å²) in [5.74, 6) is -0.0831. The zero-order valence-corrected chi connectivity index (χ0v) is 18.0. The number of amides is 2. The molecule has 1 fully saturated rings. The molecule has 1 aliphatic rings. The van der Waals surface area contributed by atoms with Gasteiger partial charge in [0.15, 0.2) is 5.75 Å². The topological polar surface area (TPSA) is 118 Å². The minimum atomic E-state index is -0.962. The lowest BCUT2D eigenvalue weighted by Gasteiger charge is -2.17. The van der Waals surface area contributed by atoms with Crippen LogP contribution in [0, 0.1) is 6.92 Å². The lowest BCUT2D eigenvalue weighted by Crippen LogP contribution is -2.49. The van der Waals surface area contributed by atoms with Crippen molar-refractivity contribution in [3.8, 4) is 5.75 Å². The number of anilines is 2. The Labute approximate surface area is 189 Å². The van der Waals surface area contributed by atoms with Gasteiger partial charge >= 0.3 is 6.09 Å². The normalized spacial score (nSPS) is 13.7. The van der Waals surface area contributed by atoms with Gasteiger partial charge in [-0.3, -0.25) is 9.78 Å². The van der Waals surface area contributed by atoms with Gasteiger partial charge in [-0.15, -0.1) is 0 Å². The Morgan fingerprint density at radius 2 is 1.91 bits per heavy atom. The number of nitrogens with one attached hydrogen (secondary N) is 3. The molecular weight excluding hydrogens is 432 g/mol. The van der Waals surface area contributed by atoms with Crippen LogP contribution in [-0.4, -0.2) is 32.5 Å². The van der Waals surface area contributed by atoms with Gasteiger partial charge in [0.1, 0.15) is 11.9 Å². The highest BCUT2D eigenvalue weighted by atomic mass is 35.5. The molecule has 0 saturated heterocycles. The minimum Gasteiger partial charge on any atom is -0.407 e. The number of hydrogen-bond acceptors (Lipinski definition) is 7. The molecule has 0 unspecified atom stereocenters. The second-order valence-electron chi connectivity index (χ2n) is 7.50. The fourth-order valence-electron chi connectivity index (χ4n) is 3.02. The molecule has 9 nitrogen and oxygen atoms in total. The van der Waals surface area contributed by atoms with Crippen LogP contribution >= 0.6 is 11.6 Å². The van der Waals surface area contributed by atoms with Crippen LogP contribution < -0.4 is 20.7 Å². The zero-order valence-electron chi connectivity index (χ0n) is 17.3. The van der Waals surface area contributed by atoms with Gasteiger partial charge in [-0.25, -0.2) is 14.8 Å². The van der Waals surface area contributed by atoms with Crippen LogP contribution in [0.2, 0.25) is 5.02 Å². The molecule has 3 N–H and O–H groups in total. The van der Waals surface area contributed by atoms with E-state index in [0.717, 1.165) is 16.9 Å². The van der Waals surface area contributed by atoms with Crippen LogP contribution in [0.15, 0.2) is 55.2 Å². The Morgan fingerprint density at radius 1 is 1.12 bits per heavy atom. The van der Waals surface area contributed by atoms with Crippen LogP contribution in [-0.2, 0) is 11.3 Å². The summed E-state index contributed by atoms with van der Waals surface area (Å²) < 4.78 is 5.10. The van der Waals surface area contributed by atoms with Gasteiger partial charge in [-0.05, 0) is 49.6 Å². The predicted octanol–water partition coefficient (Wildman–Crippen LogP) is 3.51. The summed E-state index contributed by atoms with van der Waals surface area (Å²) in [6.07, 6.45) is 6.07. The molecule has 2 heterocycles. The van der Waals surface area contributed by atoms with Crippen molar-refractivity contribution in [1.29, 1.82) is 0 Å². The van der Waals surface area contributed by atoms with Gasteiger partial charge in [0.2, 0.25) is 5.91 Å². The highest BCUT2D eigenvalue weighted by molar-refractivity contribution is 6.33. The highest BCUT2D eigenvalue weighted by Gasteiger charge is 2.51. The fraction of sp³-hybridized carbons (Fsp3) is 0.227. The van der Waals surface area contributed by atoms with E-state index in [9.17, 15) is 9.59 Å². The van der Waals surface area contributed by atoms with Crippen LogP contribution in [0.5, 0.6) is 5.75 Å². The first-order valence-corrected chi connectivity index (χ1v) is 10.3. The van der Waals surface area contributed by atoms with Crippen molar-refractivity contribution in [2.24, 2.45) is 0 Å². The van der Waals surface area contributed by atoms with Crippen LogP contribution in [0.25, 0.3) is 0 Å². The van der Waals surface area contributed by atoms with E-state index in [2.05, 4.69) is 30.9 Å². The maximum Gasteiger partial charge on any atom is 0.413 e. The molecule has 32 heavy (non-hydrogen) atoms. The lowest BCUT2D eigenvalue weighted by atomic mass is 10.2. The van der Waals surface area contributed by atoms with E-state index in [1.54, 1.807) is 12.3 Å². The summed E-state index contributed by atoms with van der Waals surface area (Å²) in [6, 6.07) is 9.42. The summed E-state index contributed by atoms with van der Waals surface area (Å²) in [7, 11) is 0. The first-order valence-electron chi connectivity index (χ1n) is 9.95. The monoisotopic (exact) mass is 452 g/mol. The number of ether oxygens (including phenoxy) is 1.